The fourth-order valence-corrected chi connectivity index (χ4v) is 3.49. The zero-order valence-electron chi connectivity index (χ0n) is 11.9. The van der Waals surface area contributed by atoms with Crippen molar-refractivity contribution in [2.45, 2.75) is 26.7 Å². The molecule has 0 unspecified atom stereocenters. The molecule has 1 heterocycles. The maximum Gasteiger partial charge on any atom is 0.164 e. The molecule has 1 fully saturated rings. The molecule has 2 rings (SSSR count). The first kappa shape index (κ1) is 14.6. The van der Waals surface area contributed by atoms with Crippen LogP contribution in [0, 0.1) is 13.8 Å². The highest BCUT2D eigenvalue weighted by molar-refractivity contribution is 7.99. The number of thioether (sulfide) groups is 1. The van der Waals surface area contributed by atoms with E-state index in [1.165, 1.54) is 29.1 Å². The first-order valence-electron chi connectivity index (χ1n) is 7.07. The van der Waals surface area contributed by atoms with Crippen LogP contribution in [0.4, 0.5) is 0 Å². The van der Waals surface area contributed by atoms with Gasteiger partial charge >= 0.3 is 0 Å². The molecule has 0 N–H and O–H groups in total. The normalized spacial score (nSPS) is 17.2. The van der Waals surface area contributed by atoms with Crippen molar-refractivity contribution in [2.24, 2.45) is 0 Å². The van der Waals surface area contributed by atoms with Crippen LogP contribution in [0.5, 0.6) is 0 Å². The quantitative estimate of drug-likeness (QED) is 0.788. The summed E-state index contributed by atoms with van der Waals surface area (Å²) in [4.78, 5) is 14.7. The molecule has 104 valence electrons. The number of nitrogens with zero attached hydrogens (tertiary/aromatic N) is 1. The SMILES string of the molecule is Cc1cc(C)cc(C(=O)CCN2CCCSCC2)c1. The summed E-state index contributed by atoms with van der Waals surface area (Å²) in [6, 6.07) is 6.13. The van der Waals surface area contributed by atoms with E-state index >= 15 is 0 Å². The van der Waals surface area contributed by atoms with Gasteiger partial charge in [0.25, 0.3) is 0 Å². The summed E-state index contributed by atoms with van der Waals surface area (Å²) < 4.78 is 0. The average molecular weight is 277 g/mol. The Morgan fingerprint density at radius 2 is 1.89 bits per heavy atom. The lowest BCUT2D eigenvalue weighted by Crippen LogP contribution is -2.28. The Labute approximate surface area is 120 Å². The number of rotatable bonds is 4. The molecule has 0 aliphatic carbocycles. The van der Waals surface area contributed by atoms with E-state index in [-0.39, 0.29) is 5.78 Å². The summed E-state index contributed by atoms with van der Waals surface area (Å²) in [5.74, 6) is 2.75. The Bertz CT molecular complexity index is 416. The number of hydrogen-bond acceptors (Lipinski definition) is 3. The van der Waals surface area contributed by atoms with E-state index in [0.29, 0.717) is 6.42 Å². The van der Waals surface area contributed by atoms with Gasteiger partial charge in [0.15, 0.2) is 5.78 Å². The first-order valence-corrected chi connectivity index (χ1v) is 8.22. The Morgan fingerprint density at radius 3 is 2.63 bits per heavy atom. The van der Waals surface area contributed by atoms with Crippen molar-refractivity contribution >= 4 is 17.5 Å². The Morgan fingerprint density at radius 1 is 1.16 bits per heavy atom. The minimum Gasteiger partial charge on any atom is -0.302 e. The van der Waals surface area contributed by atoms with Crippen LogP contribution in [0.25, 0.3) is 0 Å². The molecule has 19 heavy (non-hydrogen) atoms. The van der Waals surface area contributed by atoms with E-state index < -0.39 is 0 Å². The summed E-state index contributed by atoms with van der Waals surface area (Å²) in [5.41, 5.74) is 3.23. The number of benzene rings is 1. The van der Waals surface area contributed by atoms with Crippen molar-refractivity contribution in [1.82, 2.24) is 4.90 Å². The highest BCUT2D eigenvalue weighted by Gasteiger charge is 2.12. The molecule has 0 saturated carbocycles. The smallest absolute Gasteiger partial charge is 0.164 e. The summed E-state index contributed by atoms with van der Waals surface area (Å²) >= 11 is 2.03. The monoisotopic (exact) mass is 277 g/mol. The topological polar surface area (TPSA) is 20.3 Å². The second-order valence-corrected chi connectivity index (χ2v) is 6.58. The first-order chi connectivity index (χ1) is 9.15. The number of Topliss-reactive ketones (excluding diaryl/α,β-unsaturated/α-hetero) is 1. The van der Waals surface area contributed by atoms with E-state index in [4.69, 9.17) is 0 Å². The van der Waals surface area contributed by atoms with Gasteiger partial charge in [-0.25, -0.2) is 0 Å². The van der Waals surface area contributed by atoms with Crippen molar-refractivity contribution < 1.29 is 4.79 Å². The molecule has 1 aliphatic rings. The van der Waals surface area contributed by atoms with Crippen LogP contribution in [0.3, 0.4) is 0 Å². The van der Waals surface area contributed by atoms with Crippen LogP contribution in [0.2, 0.25) is 0 Å². The summed E-state index contributed by atoms with van der Waals surface area (Å²) in [6.07, 6.45) is 1.90. The molecule has 1 aliphatic heterocycles. The van der Waals surface area contributed by atoms with Gasteiger partial charge in [-0.1, -0.05) is 17.2 Å². The van der Waals surface area contributed by atoms with Gasteiger partial charge in [0.05, 0.1) is 0 Å². The molecule has 1 aromatic carbocycles. The Balaban J connectivity index is 1.89. The van der Waals surface area contributed by atoms with Crippen molar-refractivity contribution in [1.29, 1.82) is 0 Å². The summed E-state index contributed by atoms with van der Waals surface area (Å²) in [6.45, 7) is 7.29. The molecule has 0 aromatic heterocycles. The van der Waals surface area contributed by atoms with E-state index in [2.05, 4.69) is 24.8 Å². The largest absolute Gasteiger partial charge is 0.302 e. The molecule has 0 spiro atoms. The van der Waals surface area contributed by atoms with Crippen LogP contribution in [-0.2, 0) is 0 Å². The predicted molar refractivity (Wildman–Crippen MR) is 83.2 cm³/mol. The number of carbonyl (C=O) groups is 1. The second-order valence-electron chi connectivity index (χ2n) is 5.36. The zero-order valence-corrected chi connectivity index (χ0v) is 12.8. The number of carbonyl (C=O) groups excluding carboxylic acids is 1. The van der Waals surface area contributed by atoms with Crippen LogP contribution < -0.4 is 0 Å². The maximum atomic E-state index is 12.2. The van der Waals surface area contributed by atoms with Gasteiger partial charge in [-0.15, -0.1) is 0 Å². The minimum atomic E-state index is 0.281. The van der Waals surface area contributed by atoms with Crippen molar-refractivity contribution in [3.05, 3.63) is 34.9 Å². The van der Waals surface area contributed by atoms with Crippen LogP contribution in [0.1, 0.15) is 34.3 Å². The molecule has 1 aromatic rings. The molecule has 3 heteroatoms. The molecular formula is C16H23NOS. The van der Waals surface area contributed by atoms with Gasteiger partial charge in [-0.3, -0.25) is 4.79 Å². The standard InChI is InChI=1S/C16H23NOS/c1-13-10-14(2)12-15(11-13)16(18)4-6-17-5-3-8-19-9-7-17/h10-12H,3-9H2,1-2H3. The minimum absolute atomic E-state index is 0.281. The molecular weight excluding hydrogens is 254 g/mol. The van der Waals surface area contributed by atoms with Gasteiger partial charge in [-0.05, 0) is 44.7 Å². The van der Waals surface area contributed by atoms with Gasteiger partial charge in [-0.2, -0.15) is 11.8 Å². The molecule has 0 atom stereocenters. The summed E-state index contributed by atoms with van der Waals surface area (Å²) in [7, 11) is 0. The summed E-state index contributed by atoms with van der Waals surface area (Å²) in [5, 5.41) is 0. The van der Waals surface area contributed by atoms with Crippen LogP contribution in [-0.4, -0.2) is 41.8 Å². The molecule has 0 radical (unpaired) electrons. The zero-order chi connectivity index (χ0) is 13.7. The highest BCUT2D eigenvalue weighted by Crippen LogP contribution is 2.13. The van der Waals surface area contributed by atoms with E-state index in [1.54, 1.807) is 0 Å². The number of aryl methyl sites for hydroxylation is 2. The van der Waals surface area contributed by atoms with Crippen LogP contribution in [0.15, 0.2) is 18.2 Å². The third kappa shape index (κ3) is 4.66. The van der Waals surface area contributed by atoms with Crippen LogP contribution >= 0.6 is 11.8 Å². The molecule has 1 saturated heterocycles. The van der Waals surface area contributed by atoms with Gasteiger partial charge in [0, 0.05) is 30.8 Å². The molecule has 0 bridgehead atoms. The highest BCUT2D eigenvalue weighted by atomic mass is 32.2. The number of hydrogen-bond donors (Lipinski definition) is 0. The third-order valence-electron chi connectivity index (χ3n) is 3.51. The second kappa shape index (κ2) is 7.11. The number of ketones is 1. The third-order valence-corrected chi connectivity index (χ3v) is 4.56. The lowest BCUT2D eigenvalue weighted by Gasteiger charge is -2.18. The van der Waals surface area contributed by atoms with Crippen molar-refractivity contribution in [3.8, 4) is 0 Å². The van der Waals surface area contributed by atoms with Crippen molar-refractivity contribution in [3.63, 3.8) is 0 Å². The van der Waals surface area contributed by atoms with Gasteiger partial charge < -0.3 is 4.90 Å². The Kier molecular flexibility index (Phi) is 5.46. The van der Waals surface area contributed by atoms with E-state index in [0.717, 1.165) is 25.2 Å². The van der Waals surface area contributed by atoms with Gasteiger partial charge in [0.1, 0.15) is 0 Å². The van der Waals surface area contributed by atoms with Crippen molar-refractivity contribution in [2.75, 3.05) is 31.1 Å². The Hall–Kier alpha value is -0.800. The molecule has 0 amide bonds. The average Bonchev–Trinajstić information content (AvgIpc) is 2.63. The fraction of sp³-hybridized carbons (Fsp3) is 0.562. The lowest BCUT2D eigenvalue weighted by molar-refractivity contribution is 0.0965. The van der Waals surface area contributed by atoms with E-state index in [9.17, 15) is 4.79 Å². The maximum absolute atomic E-state index is 12.2. The van der Waals surface area contributed by atoms with E-state index in [1.807, 2.05) is 23.9 Å². The lowest BCUT2D eigenvalue weighted by atomic mass is 10.0. The predicted octanol–water partition coefficient (Wildman–Crippen LogP) is 3.32. The fourth-order valence-electron chi connectivity index (χ4n) is 2.56. The molecule has 2 nitrogen and oxygen atoms in total. The van der Waals surface area contributed by atoms with Gasteiger partial charge in [0.2, 0.25) is 0 Å².